The Morgan fingerprint density at radius 1 is 1.00 bits per heavy atom. The molecule has 3 fully saturated rings. The number of amides is 3. The van der Waals surface area contributed by atoms with Crippen molar-refractivity contribution < 1.29 is 14.4 Å². The van der Waals surface area contributed by atoms with E-state index in [2.05, 4.69) is 5.32 Å². The first-order chi connectivity index (χ1) is 11.6. The summed E-state index contributed by atoms with van der Waals surface area (Å²) in [5.41, 5.74) is 0. The van der Waals surface area contributed by atoms with Crippen molar-refractivity contribution in [1.29, 1.82) is 0 Å². The van der Waals surface area contributed by atoms with E-state index >= 15 is 0 Å². The Balaban J connectivity index is 1.45. The molecule has 0 radical (unpaired) electrons. The number of nitrogens with zero attached hydrogens (tertiary/aromatic N) is 2. The highest BCUT2D eigenvalue weighted by Gasteiger charge is 2.38. The van der Waals surface area contributed by atoms with Crippen molar-refractivity contribution in [3.8, 4) is 0 Å². The Hall–Kier alpha value is -1.59. The van der Waals surface area contributed by atoms with E-state index in [-0.39, 0.29) is 30.2 Å². The molecule has 2 saturated heterocycles. The topological polar surface area (TPSA) is 69.7 Å². The fourth-order valence-electron chi connectivity index (χ4n) is 4.22. The van der Waals surface area contributed by atoms with Gasteiger partial charge in [0.15, 0.2) is 0 Å². The van der Waals surface area contributed by atoms with E-state index in [4.69, 9.17) is 0 Å². The van der Waals surface area contributed by atoms with Crippen LogP contribution < -0.4 is 5.32 Å². The Bertz CT molecular complexity index is 482. The average Bonchev–Trinajstić information content (AvgIpc) is 3.02. The van der Waals surface area contributed by atoms with Crippen LogP contribution in [-0.4, -0.2) is 59.7 Å². The van der Waals surface area contributed by atoms with Crippen molar-refractivity contribution in [1.82, 2.24) is 15.1 Å². The van der Waals surface area contributed by atoms with Crippen LogP contribution in [0.1, 0.15) is 57.8 Å². The summed E-state index contributed by atoms with van der Waals surface area (Å²) in [6.07, 6.45) is 9.30. The Morgan fingerprint density at radius 3 is 2.38 bits per heavy atom. The molecule has 1 aliphatic carbocycles. The highest BCUT2D eigenvalue weighted by Crippen LogP contribution is 2.28. The van der Waals surface area contributed by atoms with Crippen LogP contribution in [0.15, 0.2) is 0 Å². The fraction of sp³-hybridized carbons (Fsp3) is 0.833. The van der Waals surface area contributed by atoms with Gasteiger partial charge >= 0.3 is 0 Å². The molecule has 1 N–H and O–H groups in total. The van der Waals surface area contributed by atoms with Gasteiger partial charge in [-0.15, -0.1) is 0 Å². The highest BCUT2D eigenvalue weighted by atomic mass is 16.2. The zero-order valence-corrected chi connectivity index (χ0v) is 14.5. The van der Waals surface area contributed by atoms with E-state index in [1.165, 1.54) is 25.7 Å². The second kappa shape index (κ2) is 7.99. The van der Waals surface area contributed by atoms with Crippen LogP contribution in [0.4, 0.5) is 0 Å². The largest absolute Gasteiger partial charge is 0.347 e. The highest BCUT2D eigenvalue weighted by molar-refractivity contribution is 5.91. The minimum atomic E-state index is -0.298. The number of piperidine rings is 1. The summed E-state index contributed by atoms with van der Waals surface area (Å²) in [6.45, 7) is 2.18. The summed E-state index contributed by atoms with van der Waals surface area (Å²) in [4.78, 5) is 40.5. The Morgan fingerprint density at radius 2 is 1.67 bits per heavy atom. The van der Waals surface area contributed by atoms with Gasteiger partial charge < -0.3 is 15.1 Å². The zero-order chi connectivity index (χ0) is 16.9. The average molecular weight is 335 g/mol. The van der Waals surface area contributed by atoms with Gasteiger partial charge in [0.05, 0.1) is 12.5 Å². The van der Waals surface area contributed by atoms with E-state index in [1.807, 2.05) is 9.80 Å². The first-order valence-corrected chi connectivity index (χ1v) is 9.50. The number of rotatable bonds is 4. The van der Waals surface area contributed by atoms with E-state index in [9.17, 15) is 14.4 Å². The SMILES string of the molecule is O=C(NCC(=O)N1CCCCC1)C1CC(=O)N(C2CCCCC2)C1. The lowest BCUT2D eigenvalue weighted by Gasteiger charge is -2.31. The third kappa shape index (κ3) is 4.08. The van der Waals surface area contributed by atoms with Crippen molar-refractivity contribution in [2.45, 2.75) is 63.8 Å². The maximum absolute atomic E-state index is 12.3. The molecule has 0 aromatic heterocycles. The lowest BCUT2D eigenvalue weighted by atomic mass is 9.94. The summed E-state index contributed by atoms with van der Waals surface area (Å²) < 4.78 is 0. The number of hydrogen-bond acceptors (Lipinski definition) is 3. The Kier molecular flexibility index (Phi) is 5.74. The molecule has 2 aliphatic heterocycles. The first-order valence-electron chi connectivity index (χ1n) is 9.50. The zero-order valence-electron chi connectivity index (χ0n) is 14.5. The molecule has 3 amide bonds. The normalized spacial score (nSPS) is 25.8. The van der Waals surface area contributed by atoms with Gasteiger partial charge in [-0.1, -0.05) is 19.3 Å². The van der Waals surface area contributed by atoms with Gasteiger partial charge in [-0.05, 0) is 32.1 Å². The lowest BCUT2D eigenvalue weighted by Crippen LogP contribution is -2.44. The van der Waals surface area contributed by atoms with Crippen molar-refractivity contribution in [3.05, 3.63) is 0 Å². The van der Waals surface area contributed by atoms with Crippen LogP contribution >= 0.6 is 0 Å². The molecule has 0 spiro atoms. The second-order valence-corrected chi connectivity index (χ2v) is 7.40. The predicted molar refractivity (Wildman–Crippen MR) is 90.1 cm³/mol. The summed E-state index contributed by atoms with van der Waals surface area (Å²) in [6, 6.07) is 0.319. The van der Waals surface area contributed by atoms with Crippen molar-refractivity contribution >= 4 is 17.7 Å². The molecular weight excluding hydrogens is 306 g/mol. The quantitative estimate of drug-likeness (QED) is 0.842. The summed E-state index contributed by atoms with van der Waals surface area (Å²) >= 11 is 0. The van der Waals surface area contributed by atoms with E-state index in [0.717, 1.165) is 38.8 Å². The van der Waals surface area contributed by atoms with Crippen molar-refractivity contribution in [2.75, 3.05) is 26.2 Å². The number of carbonyl (C=O) groups is 3. The number of hydrogen-bond donors (Lipinski definition) is 1. The van der Waals surface area contributed by atoms with Crippen molar-refractivity contribution in [2.24, 2.45) is 5.92 Å². The lowest BCUT2D eigenvalue weighted by molar-refractivity contribution is -0.134. The molecule has 0 aromatic rings. The van der Waals surface area contributed by atoms with Crippen LogP contribution in [0.25, 0.3) is 0 Å². The third-order valence-corrected chi connectivity index (χ3v) is 5.67. The molecule has 3 rings (SSSR count). The van der Waals surface area contributed by atoms with Crippen LogP contribution in [0.5, 0.6) is 0 Å². The van der Waals surface area contributed by atoms with Crippen LogP contribution in [-0.2, 0) is 14.4 Å². The number of carbonyl (C=O) groups excluding carboxylic acids is 3. The fourth-order valence-corrected chi connectivity index (χ4v) is 4.22. The molecule has 1 saturated carbocycles. The monoisotopic (exact) mass is 335 g/mol. The molecule has 0 aromatic carbocycles. The molecule has 3 aliphatic rings. The molecular formula is C18H29N3O3. The van der Waals surface area contributed by atoms with Gasteiger partial charge in [0.2, 0.25) is 17.7 Å². The van der Waals surface area contributed by atoms with Crippen molar-refractivity contribution in [3.63, 3.8) is 0 Å². The first kappa shape index (κ1) is 17.2. The molecule has 134 valence electrons. The maximum Gasteiger partial charge on any atom is 0.241 e. The van der Waals surface area contributed by atoms with Gasteiger partial charge in [-0.3, -0.25) is 14.4 Å². The molecule has 0 bridgehead atoms. The van der Waals surface area contributed by atoms with Gasteiger partial charge in [0.1, 0.15) is 0 Å². The predicted octanol–water partition coefficient (Wildman–Crippen LogP) is 1.30. The van der Waals surface area contributed by atoms with Crippen LogP contribution in [0.2, 0.25) is 0 Å². The molecule has 1 unspecified atom stereocenters. The number of likely N-dealkylation sites (tertiary alicyclic amines) is 2. The summed E-state index contributed by atoms with van der Waals surface area (Å²) in [5.74, 6) is -0.346. The molecule has 24 heavy (non-hydrogen) atoms. The summed E-state index contributed by atoms with van der Waals surface area (Å²) in [7, 11) is 0. The smallest absolute Gasteiger partial charge is 0.241 e. The minimum absolute atomic E-state index is 0.00323. The van der Waals surface area contributed by atoms with Crippen LogP contribution in [0, 0.1) is 5.92 Å². The van der Waals surface area contributed by atoms with E-state index in [1.54, 1.807) is 0 Å². The van der Waals surface area contributed by atoms with Gasteiger partial charge in [0.25, 0.3) is 0 Å². The second-order valence-electron chi connectivity index (χ2n) is 7.40. The van der Waals surface area contributed by atoms with E-state index < -0.39 is 0 Å². The third-order valence-electron chi connectivity index (χ3n) is 5.67. The van der Waals surface area contributed by atoms with Gasteiger partial charge in [-0.2, -0.15) is 0 Å². The minimum Gasteiger partial charge on any atom is -0.347 e. The summed E-state index contributed by atoms with van der Waals surface area (Å²) in [5, 5.41) is 2.76. The molecule has 6 heteroatoms. The molecule has 6 nitrogen and oxygen atoms in total. The molecule has 1 atom stereocenters. The number of nitrogens with one attached hydrogen (secondary N) is 1. The van der Waals surface area contributed by atoms with Gasteiger partial charge in [-0.25, -0.2) is 0 Å². The van der Waals surface area contributed by atoms with E-state index in [0.29, 0.717) is 19.0 Å². The standard InChI is InChI=1S/C18H29N3O3/c22-16-11-14(13-21(16)15-7-3-1-4-8-15)18(24)19-12-17(23)20-9-5-2-6-10-20/h14-15H,1-13H2,(H,19,24). The maximum atomic E-state index is 12.3. The Labute approximate surface area is 143 Å². The van der Waals surface area contributed by atoms with Crippen LogP contribution in [0.3, 0.4) is 0 Å². The van der Waals surface area contributed by atoms with Gasteiger partial charge in [0, 0.05) is 32.1 Å². The molecule has 2 heterocycles.